The molecular formula is C23H23NO5S. The molecule has 0 spiro atoms. The van der Waals surface area contributed by atoms with Gasteiger partial charge in [0, 0.05) is 5.56 Å². The fourth-order valence-corrected chi connectivity index (χ4v) is 3.76. The van der Waals surface area contributed by atoms with Crippen LogP contribution in [0.1, 0.15) is 29.7 Å². The van der Waals surface area contributed by atoms with Crippen LogP contribution in [0.3, 0.4) is 0 Å². The largest absolute Gasteiger partial charge is 0.445 e. The monoisotopic (exact) mass is 425 g/mol. The number of amides is 1. The van der Waals surface area contributed by atoms with Crippen molar-refractivity contribution in [3.63, 3.8) is 0 Å². The van der Waals surface area contributed by atoms with E-state index in [1.807, 2.05) is 37.3 Å². The van der Waals surface area contributed by atoms with Crippen LogP contribution in [0, 0.1) is 6.92 Å². The zero-order chi connectivity index (χ0) is 21.6. The van der Waals surface area contributed by atoms with Gasteiger partial charge in [0.25, 0.3) is 0 Å². The van der Waals surface area contributed by atoms with Crippen LogP contribution in [0.5, 0.6) is 5.75 Å². The standard InChI is InChI=1S/C23H23NO5S/c1-17-12-14-20(15-13-17)30(26,27)29-22-11-7-6-10-21(22)18(2)24-23(25)28-16-19-8-4-3-5-9-19/h3-15,18H,16H2,1-2H3,(H,24,25). The van der Waals surface area contributed by atoms with E-state index in [-0.39, 0.29) is 17.3 Å². The number of carbonyl (C=O) groups excluding carboxylic acids is 1. The zero-order valence-corrected chi connectivity index (χ0v) is 17.6. The number of para-hydroxylation sites is 1. The Balaban J connectivity index is 1.69. The van der Waals surface area contributed by atoms with E-state index in [0.717, 1.165) is 11.1 Å². The second-order valence-corrected chi connectivity index (χ2v) is 8.36. The molecule has 0 fully saturated rings. The Morgan fingerprint density at radius 1 is 0.933 bits per heavy atom. The molecule has 1 N–H and O–H groups in total. The molecule has 6 nitrogen and oxygen atoms in total. The molecule has 7 heteroatoms. The van der Waals surface area contributed by atoms with Gasteiger partial charge in [-0.15, -0.1) is 0 Å². The van der Waals surface area contributed by atoms with Crippen LogP contribution in [0.2, 0.25) is 0 Å². The van der Waals surface area contributed by atoms with Crippen LogP contribution < -0.4 is 9.50 Å². The van der Waals surface area contributed by atoms with Crippen LogP contribution in [0.15, 0.2) is 83.8 Å². The maximum atomic E-state index is 12.6. The van der Waals surface area contributed by atoms with Gasteiger partial charge in [0.2, 0.25) is 0 Å². The zero-order valence-electron chi connectivity index (χ0n) is 16.7. The lowest BCUT2D eigenvalue weighted by atomic mass is 10.1. The smallest absolute Gasteiger partial charge is 0.407 e. The minimum Gasteiger partial charge on any atom is -0.445 e. The van der Waals surface area contributed by atoms with Crippen LogP contribution in [-0.4, -0.2) is 14.5 Å². The van der Waals surface area contributed by atoms with Crippen LogP contribution in [0.4, 0.5) is 4.79 Å². The summed E-state index contributed by atoms with van der Waals surface area (Å²) in [6.45, 7) is 3.74. The van der Waals surface area contributed by atoms with Crippen molar-refractivity contribution in [2.75, 3.05) is 0 Å². The second kappa shape index (κ2) is 9.45. The molecule has 0 saturated carbocycles. The highest BCUT2D eigenvalue weighted by Gasteiger charge is 2.21. The van der Waals surface area contributed by atoms with Gasteiger partial charge in [0.05, 0.1) is 6.04 Å². The van der Waals surface area contributed by atoms with Crippen molar-refractivity contribution in [2.45, 2.75) is 31.4 Å². The first-order chi connectivity index (χ1) is 14.3. The molecular weight excluding hydrogens is 402 g/mol. The van der Waals surface area contributed by atoms with Crippen molar-refractivity contribution >= 4 is 16.2 Å². The Morgan fingerprint density at radius 2 is 1.57 bits per heavy atom. The van der Waals surface area contributed by atoms with Gasteiger partial charge in [-0.05, 0) is 37.6 Å². The molecule has 3 aromatic carbocycles. The summed E-state index contributed by atoms with van der Waals surface area (Å²) >= 11 is 0. The molecule has 0 heterocycles. The van der Waals surface area contributed by atoms with E-state index in [0.29, 0.717) is 5.56 Å². The number of carbonyl (C=O) groups is 1. The Kier molecular flexibility index (Phi) is 6.74. The highest BCUT2D eigenvalue weighted by molar-refractivity contribution is 7.87. The first kappa shape index (κ1) is 21.4. The van der Waals surface area contributed by atoms with E-state index in [4.69, 9.17) is 8.92 Å². The minimum absolute atomic E-state index is 0.0609. The van der Waals surface area contributed by atoms with Gasteiger partial charge in [0.1, 0.15) is 17.3 Å². The Labute approximate surface area is 176 Å². The van der Waals surface area contributed by atoms with Gasteiger partial charge < -0.3 is 14.2 Å². The molecule has 30 heavy (non-hydrogen) atoms. The van der Waals surface area contributed by atoms with Gasteiger partial charge in [-0.3, -0.25) is 0 Å². The number of aryl methyl sites for hydroxylation is 1. The molecule has 1 unspecified atom stereocenters. The summed E-state index contributed by atoms with van der Waals surface area (Å²) in [5, 5.41) is 2.70. The number of hydrogen-bond donors (Lipinski definition) is 1. The van der Waals surface area contributed by atoms with Crippen molar-refractivity contribution in [3.8, 4) is 5.75 Å². The molecule has 3 rings (SSSR count). The summed E-state index contributed by atoms with van der Waals surface area (Å²) in [6.07, 6.45) is -0.609. The first-order valence-corrected chi connectivity index (χ1v) is 10.8. The Morgan fingerprint density at radius 3 is 2.27 bits per heavy atom. The third-order valence-electron chi connectivity index (χ3n) is 4.44. The molecule has 0 radical (unpaired) electrons. The average Bonchev–Trinajstić information content (AvgIpc) is 2.73. The van der Waals surface area contributed by atoms with Crippen molar-refractivity contribution in [3.05, 3.63) is 95.6 Å². The highest BCUT2D eigenvalue weighted by atomic mass is 32.2. The van der Waals surface area contributed by atoms with E-state index in [2.05, 4.69) is 5.32 Å². The predicted octanol–water partition coefficient (Wildman–Crippen LogP) is 4.75. The van der Waals surface area contributed by atoms with E-state index >= 15 is 0 Å². The number of ether oxygens (including phenoxy) is 1. The number of nitrogens with one attached hydrogen (secondary N) is 1. The fourth-order valence-electron chi connectivity index (χ4n) is 2.80. The number of hydrogen-bond acceptors (Lipinski definition) is 5. The molecule has 1 amide bonds. The van der Waals surface area contributed by atoms with E-state index in [9.17, 15) is 13.2 Å². The normalized spacial score (nSPS) is 12.1. The van der Waals surface area contributed by atoms with Crippen LogP contribution in [-0.2, 0) is 21.5 Å². The van der Waals surface area contributed by atoms with Gasteiger partial charge in [-0.25, -0.2) is 4.79 Å². The lowest BCUT2D eigenvalue weighted by Gasteiger charge is -2.18. The van der Waals surface area contributed by atoms with Crippen molar-refractivity contribution < 1.29 is 22.1 Å². The quantitative estimate of drug-likeness (QED) is 0.553. The van der Waals surface area contributed by atoms with Crippen LogP contribution in [0.25, 0.3) is 0 Å². The lowest BCUT2D eigenvalue weighted by Crippen LogP contribution is -2.27. The molecule has 156 valence electrons. The molecule has 0 saturated heterocycles. The third-order valence-corrected chi connectivity index (χ3v) is 5.69. The second-order valence-electron chi connectivity index (χ2n) is 6.82. The Hall–Kier alpha value is -3.32. The molecule has 0 aliphatic heterocycles. The summed E-state index contributed by atoms with van der Waals surface area (Å²) in [7, 11) is -4.00. The molecule has 0 aliphatic carbocycles. The number of alkyl carbamates (subject to hydrolysis) is 1. The SMILES string of the molecule is Cc1ccc(S(=O)(=O)Oc2ccccc2C(C)NC(=O)OCc2ccccc2)cc1. The lowest BCUT2D eigenvalue weighted by molar-refractivity contribution is 0.136. The minimum atomic E-state index is -4.00. The maximum absolute atomic E-state index is 12.6. The van der Waals surface area contributed by atoms with Gasteiger partial charge >= 0.3 is 16.2 Å². The predicted molar refractivity (Wildman–Crippen MR) is 114 cm³/mol. The average molecular weight is 426 g/mol. The van der Waals surface area contributed by atoms with E-state index < -0.39 is 22.3 Å². The maximum Gasteiger partial charge on any atom is 0.407 e. The van der Waals surface area contributed by atoms with Crippen molar-refractivity contribution in [2.24, 2.45) is 0 Å². The summed E-state index contributed by atoms with van der Waals surface area (Å²) in [5.74, 6) is 0.147. The van der Waals surface area contributed by atoms with Crippen molar-refractivity contribution in [1.29, 1.82) is 0 Å². The molecule has 0 aromatic heterocycles. The topological polar surface area (TPSA) is 81.7 Å². The summed E-state index contributed by atoms with van der Waals surface area (Å²) in [5.41, 5.74) is 2.33. The van der Waals surface area contributed by atoms with Gasteiger partial charge in [-0.2, -0.15) is 8.42 Å². The summed E-state index contributed by atoms with van der Waals surface area (Å²) in [6, 6.07) is 21.9. The highest BCUT2D eigenvalue weighted by Crippen LogP contribution is 2.28. The third kappa shape index (κ3) is 5.61. The first-order valence-electron chi connectivity index (χ1n) is 9.42. The molecule has 0 bridgehead atoms. The Bertz CT molecular complexity index is 1100. The van der Waals surface area contributed by atoms with E-state index in [1.165, 1.54) is 12.1 Å². The number of benzene rings is 3. The van der Waals surface area contributed by atoms with Gasteiger partial charge in [0.15, 0.2) is 0 Å². The molecule has 3 aromatic rings. The van der Waals surface area contributed by atoms with E-state index in [1.54, 1.807) is 43.3 Å². The molecule has 1 atom stereocenters. The number of rotatable bonds is 7. The fraction of sp³-hybridized carbons (Fsp3) is 0.174. The van der Waals surface area contributed by atoms with Crippen LogP contribution >= 0.6 is 0 Å². The summed E-state index contributed by atoms with van der Waals surface area (Å²) in [4.78, 5) is 12.2. The molecule has 0 aliphatic rings. The van der Waals surface area contributed by atoms with Crippen molar-refractivity contribution in [1.82, 2.24) is 5.32 Å². The summed E-state index contributed by atoms with van der Waals surface area (Å²) < 4.78 is 35.9. The van der Waals surface area contributed by atoms with Gasteiger partial charge in [-0.1, -0.05) is 66.2 Å².